The Labute approximate surface area is 177 Å². The number of carbonyl (C=O) groups excluding carboxylic acids is 1. The summed E-state index contributed by atoms with van der Waals surface area (Å²) in [7, 11) is 2.70. The Bertz CT molecular complexity index is 991. The molecule has 6 nitrogen and oxygen atoms in total. The van der Waals surface area contributed by atoms with Gasteiger partial charge in [-0.2, -0.15) is 0 Å². The number of carbonyl (C=O) groups is 1. The zero-order valence-electron chi connectivity index (χ0n) is 18.2. The van der Waals surface area contributed by atoms with E-state index < -0.39 is 5.97 Å². The fourth-order valence-corrected chi connectivity index (χ4v) is 3.42. The molecule has 0 aliphatic heterocycles. The molecule has 0 bridgehead atoms. The highest BCUT2D eigenvalue weighted by Crippen LogP contribution is 2.40. The number of oxime groups is 2. The maximum Gasteiger partial charge on any atom is 0.360 e. The first-order valence-electron chi connectivity index (χ1n) is 10.0. The Kier molecular flexibility index (Phi) is 6.87. The Balaban J connectivity index is 1.82. The van der Waals surface area contributed by atoms with Crippen LogP contribution in [0.1, 0.15) is 59.1 Å². The van der Waals surface area contributed by atoms with Crippen LogP contribution in [0.15, 0.2) is 46.7 Å². The first-order chi connectivity index (χ1) is 14.4. The monoisotopic (exact) mass is 408 g/mol. The molecule has 2 aromatic carbocycles. The molecule has 30 heavy (non-hydrogen) atoms. The Morgan fingerprint density at radius 3 is 2.53 bits per heavy atom. The topological polar surface area (TPSA) is 69.5 Å². The molecular formula is C24H28N2O4. The molecule has 0 spiro atoms. The molecule has 3 rings (SSSR count). The van der Waals surface area contributed by atoms with E-state index in [9.17, 15) is 4.79 Å². The van der Waals surface area contributed by atoms with Gasteiger partial charge in [0, 0.05) is 11.1 Å². The van der Waals surface area contributed by atoms with E-state index in [-0.39, 0.29) is 12.3 Å². The number of rotatable bonds is 8. The van der Waals surface area contributed by atoms with E-state index in [0.717, 1.165) is 22.4 Å². The molecule has 0 saturated heterocycles. The van der Waals surface area contributed by atoms with Crippen LogP contribution in [0.5, 0.6) is 0 Å². The zero-order chi connectivity index (χ0) is 21.7. The van der Waals surface area contributed by atoms with E-state index in [1.165, 1.54) is 38.2 Å². The summed E-state index contributed by atoms with van der Waals surface area (Å²) in [5, 5.41) is 8.18. The number of hydrogen-bond acceptors (Lipinski definition) is 6. The summed E-state index contributed by atoms with van der Waals surface area (Å²) in [5.74, 6) is 0.111. The van der Waals surface area contributed by atoms with Gasteiger partial charge >= 0.3 is 5.97 Å². The second kappa shape index (κ2) is 9.57. The maximum atomic E-state index is 12.2. The summed E-state index contributed by atoms with van der Waals surface area (Å²) >= 11 is 0. The van der Waals surface area contributed by atoms with Crippen LogP contribution in [0.4, 0.5) is 0 Å². The normalized spacial score (nSPS) is 14.4. The van der Waals surface area contributed by atoms with Crippen LogP contribution in [0.2, 0.25) is 0 Å². The third-order valence-corrected chi connectivity index (χ3v) is 5.20. The van der Waals surface area contributed by atoms with E-state index in [0.29, 0.717) is 11.5 Å². The predicted octanol–water partition coefficient (Wildman–Crippen LogP) is 4.65. The van der Waals surface area contributed by atoms with Gasteiger partial charge in [-0.15, -0.1) is 0 Å². The minimum atomic E-state index is -0.573. The zero-order valence-corrected chi connectivity index (χ0v) is 18.2. The summed E-state index contributed by atoms with van der Waals surface area (Å²) < 4.78 is 4.84. The summed E-state index contributed by atoms with van der Waals surface area (Å²) in [4.78, 5) is 22.7. The lowest BCUT2D eigenvalue weighted by atomic mass is 9.99. The third-order valence-electron chi connectivity index (χ3n) is 5.20. The van der Waals surface area contributed by atoms with E-state index in [2.05, 4.69) is 35.4 Å². The first-order valence-corrected chi connectivity index (χ1v) is 10.0. The van der Waals surface area contributed by atoms with Crippen molar-refractivity contribution in [3.63, 3.8) is 0 Å². The van der Waals surface area contributed by atoms with Crippen molar-refractivity contribution in [2.24, 2.45) is 10.3 Å². The second-order valence-corrected chi connectivity index (χ2v) is 7.57. The van der Waals surface area contributed by atoms with Crippen molar-refractivity contribution < 1.29 is 19.2 Å². The van der Waals surface area contributed by atoms with Crippen molar-refractivity contribution >= 4 is 17.4 Å². The van der Waals surface area contributed by atoms with Gasteiger partial charge in [-0.1, -0.05) is 46.2 Å². The van der Waals surface area contributed by atoms with Gasteiger partial charge in [-0.3, -0.25) is 0 Å². The summed E-state index contributed by atoms with van der Waals surface area (Å²) in [5.41, 5.74) is 6.94. The van der Waals surface area contributed by atoms with Gasteiger partial charge in [-0.05, 0) is 62.3 Å². The fourth-order valence-electron chi connectivity index (χ4n) is 3.42. The number of nitrogens with zero attached hydrogens (tertiary/aromatic N) is 2. The van der Waals surface area contributed by atoms with Gasteiger partial charge in [0.05, 0.1) is 12.8 Å². The molecule has 0 N–H and O–H groups in total. The van der Waals surface area contributed by atoms with Crippen LogP contribution < -0.4 is 0 Å². The van der Waals surface area contributed by atoms with E-state index >= 15 is 0 Å². The molecule has 0 atom stereocenters. The summed E-state index contributed by atoms with van der Waals surface area (Å²) in [6.45, 7) is 6.19. The smallest absolute Gasteiger partial charge is 0.360 e. The van der Waals surface area contributed by atoms with Crippen LogP contribution in [-0.2, 0) is 25.8 Å². The van der Waals surface area contributed by atoms with E-state index in [1.807, 2.05) is 26.0 Å². The molecule has 0 aromatic heterocycles. The van der Waals surface area contributed by atoms with E-state index in [1.54, 1.807) is 6.07 Å². The fraction of sp³-hybridized carbons (Fsp3) is 0.375. The van der Waals surface area contributed by atoms with Gasteiger partial charge in [0.15, 0.2) is 5.71 Å². The Morgan fingerprint density at radius 1 is 1.10 bits per heavy atom. The highest BCUT2D eigenvalue weighted by atomic mass is 16.6. The van der Waals surface area contributed by atoms with Gasteiger partial charge in [-0.25, -0.2) is 4.79 Å². The number of hydrogen-bond donors (Lipinski definition) is 0. The molecule has 6 heteroatoms. The minimum Gasteiger partial charge on any atom is -0.464 e. The molecule has 158 valence electrons. The summed E-state index contributed by atoms with van der Waals surface area (Å²) in [6.07, 6.45) is 2.52. The number of methoxy groups -OCH3 is 1. The molecule has 0 unspecified atom stereocenters. The van der Waals surface area contributed by atoms with Gasteiger partial charge in [0.25, 0.3) is 0 Å². The lowest BCUT2D eigenvalue weighted by molar-refractivity contribution is -0.132. The van der Waals surface area contributed by atoms with Gasteiger partial charge in [0.2, 0.25) is 0 Å². The van der Waals surface area contributed by atoms with Crippen molar-refractivity contribution in [3.05, 3.63) is 69.8 Å². The number of esters is 1. The number of ether oxygens (including phenoxy) is 1. The number of aryl methyl sites for hydroxylation is 2. The summed E-state index contributed by atoms with van der Waals surface area (Å²) in [6, 6.07) is 12.2. The molecule has 1 aliphatic carbocycles. The molecule has 2 aromatic rings. The van der Waals surface area contributed by atoms with Crippen LogP contribution in [0.25, 0.3) is 0 Å². The van der Waals surface area contributed by atoms with Crippen molar-refractivity contribution in [1.82, 2.24) is 0 Å². The van der Waals surface area contributed by atoms with E-state index in [4.69, 9.17) is 14.4 Å². The van der Waals surface area contributed by atoms with Gasteiger partial charge < -0.3 is 14.4 Å². The highest BCUT2D eigenvalue weighted by molar-refractivity contribution is 6.43. The molecule has 1 saturated carbocycles. The quantitative estimate of drug-likeness (QED) is 0.362. The third kappa shape index (κ3) is 5.06. The van der Waals surface area contributed by atoms with Crippen LogP contribution >= 0.6 is 0 Å². The largest absolute Gasteiger partial charge is 0.464 e. The van der Waals surface area contributed by atoms with Crippen LogP contribution in [0, 0.1) is 13.8 Å². The Morgan fingerprint density at radius 2 is 1.87 bits per heavy atom. The Hall–Kier alpha value is -3.15. The standard InChI is InChI=1S/C24H28N2O4/c1-15-11-19(13-20(12-15)18-9-10-18)17(3)25-30-14-22-16(2)7-6-8-21(22)23(26-29-5)24(27)28-4/h6-8,11-13,18H,9-10,14H2,1-5H3/b25-17+,26-23+. The van der Waals surface area contributed by atoms with Gasteiger partial charge in [0.1, 0.15) is 13.7 Å². The van der Waals surface area contributed by atoms with Crippen molar-refractivity contribution in [2.45, 2.75) is 46.1 Å². The van der Waals surface area contributed by atoms with Crippen molar-refractivity contribution in [3.8, 4) is 0 Å². The highest BCUT2D eigenvalue weighted by Gasteiger charge is 2.24. The van der Waals surface area contributed by atoms with Crippen LogP contribution in [-0.4, -0.2) is 31.6 Å². The predicted molar refractivity (Wildman–Crippen MR) is 117 cm³/mol. The average molecular weight is 408 g/mol. The van der Waals surface area contributed by atoms with Crippen LogP contribution in [0.3, 0.4) is 0 Å². The molecule has 0 radical (unpaired) electrons. The van der Waals surface area contributed by atoms with Crippen molar-refractivity contribution in [2.75, 3.05) is 14.2 Å². The first kappa shape index (κ1) is 21.6. The minimum absolute atomic E-state index is 0.0933. The maximum absolute atomic E-state index is 12.2. The average Bonchev–Trinajstić information content (AvgIpc) is 3.57. The SMILES string of the molecule is CO/N=C(/C(=O)OC)c1cccc(C)c1CO/N=C(\C)c1cc(C)cc(C2CC2)c1. The second-order valence-electron chi connectivity index (χ2n) is 7.57. The van der Waals surface area contributed by atoms with Crippen molar-refractivity contribution in [1.29, 1.82) is 0 Å². The lowest BCUT2D eigenvalue weighted by Crippen LogP contribution is -2.20. The molecular weight excluding hydrogens is 380 g/mol. The molecule has 0 heterocycles. The molecule has 1 fully saturated rings. The lowest BCUT2D eigenvalue weighted by Gasteiger charge is -2.13. The molecule has 1 aliphatic rings. The molecule has 0 amide bonds. The number of benzene rings is 2.